The van der Waals surface area contributed by atoms with E-state index in [1.807, 2.05) is 11.8 Å². The second-order valence-electron chi connectivity index (χ2n) is 7.86. The molecule has 170 valence electrons. The van der Waals surface area contributed by atoms with Crippen molar-refractivity contribution in [1.82, 2.24) is 20.4 Å². The topological polar surface area (TPSA) is 60.0 Å². The van der Waals surface area contributed by atoms with Gasteiger partial charge in [0.2, 0.25) is 5.91 Å². The van der Waals surface area contributed by atoms with Crippen molar-refractivity contribution in [3.05, 3.63) is 0 Å². The average molecular weight is 533 g/mol. The van der Waals surface area contributed by atoms with E-state index in [-0.39, 0.29) is 54.9 Å². The highest BCUT2D eigenvalue weighted by Crippen LogP contribution is 2.26. The molecule has 1 atom stereocenters. The maximum atomic E-state index is 12.7. The van der Waals surface area contributed by atoms with Gasteiger partial charge in [-0.25, -0.2) is 0 Å². The van der Waals surface area contributed by atoms with Crippen LogP contribution in [0.4, 0.5) is 13.2 Å². The molecule has 1 aliphatic heterocycles. The minimum atomic E-state index is -4.20. The van der Waals surface area contributed by atoms with Gasteiger partial charge >= 0.3 is 6.18 Å². The lowest BCUT2D eigenvalue weighted by Gasteiger charge is -2.26. The lowest BCUT2D eigenvalue weighted by atomic mass is 9.88. The number of nitrogens with zero attached hydrogens (tertiary/aromatic N) is 3. The summed E-state index contributed by atoms with van der Waals surface area (Å²) in [6.07, 6.45) is 2.19. The first-order valence-corrected chi connectivity index (χ1v) is 10.4. The molecular weight excluding hydrogens is 498 g/mol. The summed E-state index contributed by atoms with van der Waals surface area (Å²) in [6, 6.07) is 0.123. The minimum absolute atomic E-state index is 0. The molecular formula is C19H35F3IN5O. The molecule has 1 saturated heterocycles. The Morgan fingerprint density at radius 1 is 1.21 bits per heavy atom. The molecule has 10 heteroatoms. The van der Waals surface area contributed by atoms with Gasteiger partial charge in [0.1, 0.15) is 0 Å². The minimum Gasteiger partial charge on any atom is -0.357 e. The first-order valence-electron chi connectivity index (χ1n) is 10.4. The number of nitrogens with one attached hydrogen (secondary N) is 2. The zero-order valence-electron chi connectivity index (χ0n) is 17.4. The number of rotatable bonds is 7. The van der Waals surface area contributed by atoms with Crippen LogP contribution in [0.1, 0.15) is 45.4 Å². The largest absolute Gasteiger partial charge is 0.401 e. The Bertz CT molecular complexity index is 526. The van der Waals surface area contributed by atoms with Gasteiger partial charge in [-0.15, -0.1) is 24.0 Å². The highest BCUT2D eigenvalue weighted by Gasteiger charge is 2.32. The quantitative estimate of drug-likeness (QED) is 0.300. The highest BCUT2D eigenvalue weighted by molar-refractivity contribution is 14.0. The van der Waals surface area contributed by atoms with Gasteiger partial charge in [-0.05, 0) is 33.2 Å². The van der Waals surface area contributed by atoms with E-state index in [4.69, 9.17) is 0 Å². The molecule has 2 rings (SSSR count). The summed E-state index contributed by atoms with van der Waals surface area (Å²) < 4.78 is 37.2. The Morgan fingerprint density at radius 3 is 2.52 bits per heavy atom. The van der Waals surface area contributed by atoms with Gasteiger partial charge in [-0.2, -0.15) is 13.2 Å². The summed E-state index contributed by atoms with van der Waals surface area (Å²) in [6.45, 7) is 3.59. The number of likely N-dealkylation sites (N-methyl/N-ethyl adjacent to an activating group) is 1. The molecule has 29 heavy (non-hydrogen) atoms. The van der Waals surface area contributed by atoms with Crippen molar-refractivity contribution in [2.45, 2.75) is 57.7 Å². The van der Waals surface area contributed by atoms with E-state index in [1.54, 1.807) is 0 Å². The van der Waals surface area contributed by atoms with Crippen molar-refractivity contribution in [2.75, 3.05) is 46.3 Å². The van der Waals surface area contributed by atoms with E-state index in [0.717, 1.165) is 38.6 Å². The van der Waals surface area contributed by atoms with Gasteiger partial charge in [-0.1, -0.05) is 19.3 Å². The molecule has 2 N–H and O–H groups in total. The van der Waals surface area contributed by atoms with E-state index in [1.165, 1.54) is 18.4 Å². The first kappa shape index (κ1) is 26.3. The van der Waals surface area contributed by atoms with Crippen molar-refractivity contribution in [3.8, 4) is 0 Å². The lowest BCUT2D eigenvalue weighted by Crippen LogP contribution is -2.46. The number of carbonyl (C=O) groups is 1. The lowest BCUT2D eigenvalue weighted by molar-refractivity contribution is -0.142. The van der Waals surface area contributed by atoms with Crippen LogP contribution in [0.2, 0.25) is 0 Å². The van der Waals surface area contributed by atoms with E-state index in [2.05, 4.69) is 15.6 Å². The van der Waals surface area contributed by atoms with E-state index < -0.39 is 12.7 Å². The Labute approximate surface area is 189 Å². The Morgan fingerprint density at radius 2 is 1.90 bits per heavy atom. The standard InChI is InChI=1S/C19H34F3N5O.HI/c1-3-23-18(24-10-12-26(2)14-19(20,21)22)25-16-9-11-27(13-16)17(28)15-7-5-4-6-8-15;/h15-16H,3-14H2,1-2H3,(H2,23,24,25);1H. The van der Waals surface area contributed by atoms with Gasteiger partial charge in [0.25, 0.3) is 0 Å². The Kier molecular flexibility index (Phi) is 11.6. The number of likely N-dealkylation sites (tertiary alicyclic amines) is 1. The van der Waals surface area contributed by atoms with Gasteiger partial charge in [0, 0.05) is 38.1 Å². The fourth-order valence-corrected chi connectivity index (χ4v) is 3.92. The molecule has 1 saturated carbocycles. The van der Waals surface area contributed by atoms with Gasteiger partial charge < -0.3 is 15.5 Å². The molecule has 1 heterocycles. The first-order chi connectivity index (χ1) is 13.3. The van der Waals surface area contributed by atoms with E-state index in [0.29, 0.717) is 19.0 Å². The van der Waals surface area contributed by atoms with Gasteiger partial charge in [-0.3, -0.25) is 14.7 Å². The Balaban J connectivity index is 0.00000420. The second-order valence-corrected chi connectivity index (χ2v) is 7.86. The average Bonchev–Trinajstić information content (AvgIpc) is 3.09. The molecule has 2 aliphatic rings. The molecule has 1 unspecified atom stereocenters. The number of halogens is 4. The fourth-order valence-electron chi connectivity index (χ4n) is 3.92. The number of hydrogen-bond donors (Lipinski definition) is 2. The highest BCUT2D eigenvalue weighted by atomic mass is 127. The van der Waals surface area contributed by atoms with Crippen LogP contribution < -0.4 is 10.6 Å². The van der Waals surface area contributed by atoms with Crippen LogP contribution in [0, 0.1) is 5.92 Å². The normalized spacial score (nSPS) is 21.2. The summed E-state index contributed by atoms with van der Waals surface area (Å²) in [7, 11) is 1.44. The monoisotopic (exact) mass is 533 g/mol. The number of alkyl halides is 3. The Hall–Kier alpha value is -0.780. The molecule has 0 aromatic heterocycles. The van der Waals surface area contributed by atoms with Crippen LogP contribution in [-0.4, -0.2) is 80.2 Å². The number of guanidine groups is 1. The fraction of sp³-hybridized carbons (Fsp3) is 0.895. The predicted octanol–water partition coefficient (Wildman–Crippen LogP) is 2.83. The van der Waals surface area contributed by atoms with E-state index in [9.17, 15) is 18.0 Å². The number of aliphatic imine (C=N–C) groups is 1. The molecule has 0 aromatic carbocycles. The molecule has 0 spiro atoms. The number of amides is 1. The smallest absolute Gasteiger partial charge is 0.357 e. The predicted molar refractivity (Wildman–Crippen MR) is 120 cm³/mol. The molecule has 0 aromatic rings. The van der Waals surface area contributed by atoms with Crippen LogP contribution in [0.5, 0.6) is 0 Å². The van der Waals surface area contributed by atoms with Crippen LogP contribution in [0.3, 0.4) is 0 Å². The van der Waals surface area contributed by atoms with Crippen LogP contribution in [0.25, 0.3) is 0 Å². The van der Waals surface area contributed by atoms with Crippen molar-refractivity contribution < 1.29 is 18.0 Å². The number of carbonyl (C=O) groups excluding carboxylic acids is 1. The SMILES string of the molecule is CCNC(=NCCN(C)CC(F)(F)F)NC1CCN(C(=O)C2CCCCC2)C1.I. The summed E-state index contributed by atoms with van der Waals surface area (Å²) in [4.78, 5) is 20.2. The molecule has 2 fully saturated rings. The molecule has 1 amide bonds. The maximum Gasteiger partial charge on any atom is 0.401 e. The van der Waals surface area contributed by atoms with Crippen molar-refractivity contribution >= 4 is 35.8 Å². The summed E-state index contributed by atoms with van der Waals surface area (Å²) >= 11 is 0. The molecule has 1 aliphatic carbocycles. The third-order valence-electron chi connectivity index (χ3n) is 5.34. The zero-order chi connectivity index (χ0) is 20.6. The third kappa shape index (κ3) is 9.71. The van der Waals surface area contributed by atoms with Crippen molar-refractivity contribution in [1.29, 1.82) is 0 Å². The molecule has 0 radical (unpaired) electrons. The second kappa shape index (κ2) is 12.8. The third-order valence-corrected chi connectivity index (χ3v) is 5.34. The van der Waals surface area contributed by atoms with Crippen LogP contribution in [0.15, 0.2) is 4.99 Å². The summed E-state index contributed by atoms with van der Waals surface area (Å²) in [5.41, 5.74) is 0. The van der Waals surface area contributed by atoms with Crippen LogP contribution >= 0.6 is 24.0 Å². The van der Waals surface area contributed by atoms with Crippen molar-refractivity contribution in [3.63, 3.8) is 0 Å². The molecule has 6 nitrogen and oxygen atoms in total. The van der Waals surface area contributed by atoms with Crippen molar-refractivity contribution in [2.24, 2.45) is 10.9 Å². The van der Waals surface area contributed by atoms with E-state index >= 15 is 0 Å². The summed E-state index contributed by atoms with van der Waals surface area (Å²) in [5.74, 6) is 1.05. The summed E-state index contributed by atoms with van der Waals surface area (Å²) in [5, 5.41) is 6.46. The van der Waals surface area contributed by atoms with Gasteiger partial charge in [0.15, 0.2) is 5.96 Å². The molecule has 0 bridgehead atoms. The zero-order valence-corrected chi connectivity index (χ0v) is 19.8. The number of hydrogen-bond acceptors (Lipinski definition) is 3. The van der Waals surface area contributed by atoms with Gasteiger partial charge in [0.05, 0.1) is 13.1 Å². The maximum absolute atomic E-state index is 12.7. The van der Waals surface area contributed by atoms with Crippen LogP contribution in [-0.2, 0) is 4.79 Å².